The van der Waals surface area contributed by atoms with Gasteiger partial charge in [0.25, 0.3) is 0 Å². The van der Waals surface area contributed by atoms with Crippen LogP contribution in [0.15, 0.2) is 23.8 Å². The second-order valence-electron chi connectivity index (χ2n) is 2.04. The first-order valence-electron chi connectivity index (χ1n) is 3.66. The highest BCUT2D eigenvalue weighted by atomic mass is 13.9. The molecule has 0 saturated carbocycles. The third-order valence-corrected chi connectivity index (χ3v) is 1.26. The van der Waals surface area contributed by atoms with Crippen LogP contribution in [0.2, 0.25) is 0 Å². The van der Waals surface area contributed by atoms with Gasteiger partial charge in [-0.25, -0.2) is 0 Å². The molecule has 0 rings (SSSR count). The van der Waals surface area contributed by atoms with E-state index in [1.165, 1.54) is 5.57 Å². The predicted octanol–water partition coefficient (Wildman–Crippen LogP) is 3.31. The standard InChI is InChI=1S/C9H16/c1-4-7-9(6-3)8-5-2/h4,7-8H,5-6H2,1-3H3/b7-4+,9-8+. The van der Waals surface area contributed by atoms with Crippen molar-refractivity contribution >= 4 is 0 Å². The fourth-order valence-corrected chi connectivity index (χ4v) is 0.806. The molecule has 0 nitrogen and oxygen atoms in total. The van der Waals surface area contributed by atoms with Gasteiger partial charge >= 0.3 is 0 Å². The zero-order valence-corrected chi connectivity index (χ0v) is 6.65. The fourth-order valence-electron chi connectivity index (χ4n) is 0.806. The molecular formula is C9H16. The first-order valence-corrected chi connectivity index (χ1v) is 3.66. The van der Waals surface area contributed by atoms with E-state index in [0.717, 1.165) is 12.8 Å². The molecule has 0 aliphatic carbocycles. The van der Waals surface area contributed by atoms with Crippen molar-refractivity contribution in [2.75, 3.05) is 0 Å². The first-order chi connectivity index (χ1) is 4.35. The van der Waals surface area contributed by atoms with Crippen molar-refractivity contribution in [3.05, 3.63) is 23.8 Å². The van der Waals surface area contributed by atoms with Crippen LogP contribution in [-0.2, 0) is 0 Å². The lowest BCUT2D eigenvalue weighted by Gasteiger charge is -1.92. The summed E-state index contributed by atoms with van der Waals surface area (Å²) < 4.78 is 0. The molecule has 0 bridgehead atoms. The molecule has 0 heteroatoms. The maximum atomic E-state index is 2.26. The van der Waals surface area contributed by atoms with Crippen LogP contribution in [0.4, 0.5) is 0 Å². The molecule has 0 aromatic heterocycles. The summed E-state index contributed by atoms with van der Waals surface area (Å²) in [5.74, 6) is 0. The minimum atomic E-state index is 1.15. The summed E-state index contributed by atoms with van der Waals surface area (Å²) in [6.45, 7) is 6.40. The van der Waals surface area contributed by atoms with Gasteiger partial charge in [-0.1, -0.05) is 37.6 Å². The van der Waals surface area contributed by atoms with Gasteiger partial charge in [-0.15, -0.1) is 0 Å². The highest BCUT2D eigenvalue weighted by Gasteiger charge is 1.82. The smallest absolute Gasteiger partial charge is 0.0311 e. The minimum Gasteiger partial charge on any atom is -0.0874 e. The van der Waals surface area contributed by atoms with E-state index in [9.17, 15) is 0 Å². The van der Waals surface area contributed by atoms with Crippen LogP contribution in [0.25, 0.3) is 0 Å². The van der Waals surface area contributed by atoms with E-state index in [4.69, 9.17) is 0 Å². The molecule has 9 heavy (non-hydrogen) atoms. The summed E-state index contributed by atoms with van der Waals surface area (Å²) in [5, 5.41) is 0. The lowest BCUT2D eigenvalue weighted by atomic mass is 10.1. The van der Waals surface area contributed by atoms with Crippen LogP contribution >= 0.6 is 0 Å². The van der Waals surface area contributed by atoms with E-state index in [0.29, 0.717) is 0 Å². The Hall–Kier alpha value is -0.520. The van der Waals surface area contributed by atoms with Gasteiger partial charge in [0.2, 0.25) is 0 Å². The van der Waals surface area contributed by atoms with Gasteiger partial charge in [-0.05, 0) is 19.8 Å². The molecule has 0 saturated heterocycles. The van der Waals surface area contributed by atoms with Crippen molar-refractivity contribution in [3.8, 4) is 0 Å². The number of hydrogen-bond acceptors (Lipinski definition) is 0. The van der Waals surface area contributed by atoms with Crippen LogP contribution in [0.5, 0.6) is 0 Å². The minimum absolute atomic E-state index is 1.15. The van der Waals surface area contributed by atoms with E-state index < -0.39 is 0 Å². The van der Waals surface area contributed by atoms with E-state index in [-0.39, 0.29) is 0 Å². The Balaban J connectivity index is 3.81. The number of allylic oxidation sites excluding steroid dienone is 4. The molecule has 52 valence electrons. The normalized spacial score (nSPS) is 13.0. The topological polar surface area (TPSA) is 0 Å². The van der Waals surface area contributed by atoms with Crippen LogP contribution in [0.3, 0.4) is 0 Å². The van der Waals surface area contributed by atoms with E-state index in [1.54, 1.807) is 0 Å². The second-order valence-corrected chi connectivity index (χ2v) is 2.04. The Morgan fingerprint density at radius 1 is 1.33 bits per heavy atom. The van der Waals surface area contributed by atoms with Gasteiger partial charge in [-0.3, -0.25) is 0 Å². The number of hydrogen-bond donors (Lipinski definition) is 0. The zero-order chi connectivity index (χ0) is 7.11. The molecule has 0 unspecified atom stereocenters. The molecule has 0 heterocycles. The fraction of sp³-hybridized carbons (Fsp3) is 0.556. The van der Waals surface area contributed by atoms with Crippen molar-refractivity contribution in [2.45, 2.75) is 33.6 Å². The van der Waals surface area contributed by atoms with Crippen molar-refractivity contribution in [2.24, 2.45) is 0 Å². The van der Waals surface area contributed by atoms with Gasteiger partial charge in [0.05, 0.1) is 0 Å². The van der Waals surface area contributed by atoms with Gasteiger partial charge in [0, 0.05) is 0 Å². The van der Waals surface area contributed by atoms with E-state index in [2.05, 4.69) is 39.0 Å². The van der Waals surface area contributed by atoms with Crippen molar-refractivity contribution in [3.63, 3.8) is 0 Å². The molecule has 0 aromatic carbocycles. The maximum Gasteiger partial charge on any atom is -0.0311 e. The Labute approximate surface area is 58.3 Å². The Morgan fingerprint density at radius 3 is 2.33 bits per heavy atom. The van der Waals surface area contributed by atoms with Crippen LogP contribution in [0, 0.1) is 0 Å². The van der Waals surface area contributed by atoms with Crippen molar-refractivity contribution in [1.29, 1.82) is 0 Å². The van der Waals surface area contributed by atoms with Gasteiger partial charge in [-0.2, -0.15) is 0 Å². The maximum absolute atomic E-state index is 2.26. The molecule has 0 amide bonds. The summed E-state index contributed by atoms with van der Waals surface area (Å²) in [5.41, 5.74) is 1.44. The molecule has 0 atom stereocenters. The lowest BCUT2D eigenvalue weighted by molar-refractivity contribution is 1.10. The van der Waals surface area contributed by atoms with Crippen LogP contribution in [-0.4, -0.2) is 0 Å². The van der Waals surface area contributed by atoms with Crippen molar-refractivity contribution < 1.29 is 0 Å². The highest BCUT2D eigenvalue weighted by Crippen LogP contribution is 2.02. The Morgan fingerprint density at radius 2 is 2.00 bits per heavy atom. The predicted molar refractivity (Wildman–Crippen MR) is 43.5 cm³/mol. The Bertz CT molecular complexity index is 107. The summed E-state index contributed by atoms with van der Waals surface area (Å²) in [6.07, 6.45) is 8.82. The quantitative estimate of drug-likeness (QED) is 0.506. The molecule has 0 aliphatic rings. The van der Waals surface area contributed by atoms with Crippen LogP contribution < -0.4 is 0 Å². The molecule has 0 N–H and O–H groups in total. The summed E-state index contributed by atoms with van der Waals surface area (Å²) in [6, 6.07) is 0. The average molecular weight is 124 g/mol. The third kappa shape index (κ3) is 4.01. The van der Waals surface area contributed by atoms with Gasteiger partial charge < -0.3 is 0 Å². The molecule has 0 fully saturated rings. The second kappa shape index (κ2) is 5.61. The summed E-state index contributed by atoms with van der Waals surface area (Å²) in [7, 11) is 0. The van der Waals surface area contributed by atoms with Crippen molar-refractivity contribution in [1.82, 2.24) is 0 Å². The Kier molecular flexibility index (Phi) is 5.29. The monoisotopic (exact) mass is 124 g/mol. The largest absolute Gasteiger partial charge is 0.0874 e. The van der Waals surface area contributed by atoms with Gasteiger partial charge in [0.15, 0.2) is 0 Å². The highest BCUT2D eigenvalue weighted by molar-refractivity contribution is 5.16. The summed E-state index contributed by atoms with van der Waals surface area (Å²) >= 11 is 0. The molecule has 0 radical (unpaired) electrons. The zero-order valence-electron chi connectivity index (χ0n) is 6.65. The van der Waals surface area contributed by atoms with E-state index in [1.807, 2.05) is 0 Å². The third-order valence-electron chi connectivity index (χ3n) is 1.26. The van der Waals surface area contributed by atoms with Crippen LogP contribution in [0.1, 0.15) is 33.6 Å². The molecule has 0 spiro atoms. The van der Waals surface area contributed by atoms with E-state index >= 15 is 0 Å². The lowest BCUT2D eigenvalue weighted by Crippen LogP contribution is -1.72. The molecule has 0 aliphatic heterocycles. The van der Waals surface area contributed by atoms with Gasteiger partial charge in [0.1, 0.15) is 0 Å². The average Bonchev–Trinajstić information content (AvgIpc) is 1.88. The SMILES string of the molecule is C/C=C/C(=C/CC)CC. The molecular weight excluding hydrogens is 108 g/mol. The number of rotatable bonds is 3. The summed E-state index contributed by atoms with van der Waals surface area (Å²) in [4.78, 5) is 0. The molecule has 0 aromatic rings. The first kappa shape index (κ1) is 8.48.